The van der Waals surface area contributed by atoms with E-state index in [1.165, 1.54) is 0 Å². The van der Waals surface area contributed by atoms with Crippen molar-refractivity contribution in [1.29, 1.82) is 0 Å². The summed E-state index contributed by atoms with van der Waals surface area (Å²) in [6.07, 6.45) is 4.25. The summed E-state index contributed by atoms with van der Waals surface area (Å²) in [4.78, 5) is 25.7. The van der Waals surface area contributed by atoms with Gasteiger partial charge in [0.25, 0.3) is 0 Å². The van der Waals surface area contributed by atoms with Crippen LogP contribution < -0.4 is 5.32 Å². The van der Waals surface area contributed by atoms with Crippen LogP contribution in [0.25, 0.3) is 0 Å². The van der Waals surface area contributed by atoms with Crippen LogP contribution in [-0.4, -0.2) is 54.4 Å². The van der Waals surface area contributed by atoms with Crippen molar-refractivity contribution in [2.45, 2.75) is 44.6 Å². The minimum atomic E-state index is -0.836. The number of carbonyl (C=O) groups excluding carboxylic acids is 1. The SMILES string of the molecule is O=C(O)CCC(Cc1ccccc1)NC(=O)N1CCCC2(CCOC2)C1. The largest absolute Gasteiger partial charge is 0.481 e. The molecule has 2 aliphatic heterocycles. The molecule has 2 saturated heterocycles. The van der Waals surface area contributed by atoms with Gasteiger partial charge in [-0.1, -0.05) is 30.3 Å². The lowest BCUT2D eigenvalue weighted by atomic mass is 9.79. The zero-order chi connectivity index (χ0) is 18.4. The molecule has 1 spiro atoms. The van der Waals surface area contributed by atoms with Crippen LogP contribution in [0.5, 0.6) is 0 Å². The molecular formula is C20H28N2O4. The molecule has 26 heavy (non-hydrogen) atoms. The minimum Gasteiger partial charge on any atom is -0.481 e. The van der Waals surface area contributed by atoms with Gasteiger partial charge in [-0.05, 0) is 37.7 Å². The molecule has 0 saturated carbocycles. The lowest BCUT2D eigenvalue weighted by Crippen LogP contribution is -2.52. The first-order chi connectivity index (χ1) is 12.6. The van der Waals surface area contributed by atoms with Gasteiger partial charge >= 0.3 is 12.0 Å². The Labute approximate surface area is 154 Å². The van der Waals surface area contributed by atoms with Crippen molar-refractivity contribution >= 4 is 12.0 Å². The van der Waals surface area contributed by atoms with Crippen molar-refractivity contribution in [3.8, 4) is 0 Å². The Balaban J connectivity index is 1.61. The third-order valence-corrected chi connectivity index (χ3v) is 5.49. The summed E-state index contributed by atoms with van der Waals surface area (Å²) in [7, 11) is 0. The fraction of sp³-hybridized carbons (Fsp3) is 0.600. The van der Waals surface area contributed by atoms with Gasteiger partial charge in [-0.2, -0.15) is 0 Å². The van der Waals surface area contributed by atoms with Crippen LogP contribution in [-0.2, 0) is 16.0 Å². The highest BCUT2D eigenvalue weighted by Gasteiger charge is 2.40. The number of hydrogen-bond donors (Lipinski definition) is 2. The van der Waals surface area contributed by atoms with E-state index in [2.05, 4.69) is 5.32 Å². The fourth-order valence-electron chi connectivity index (χ4n) is 4.04. The Morgan fingerprint density at radius 2 is 2.08 bits per heavy atom. The number of nitrogens with one attached hydrogen (secondary N) is 1. The number of aliphatic carboxylic acids is 1. The fourth-order valence-corrected chi connectivity index (χ4v) is 4.04. The molecule has 2 amide bonds. The standard InChI is InChI=1S/C20H28N2O4/c23-18(24)8-7-17(13-16-5-2-1-3-6-16)21-19(25)22-11-4-9-20(14-22)10-12-26-15-20/h1-3,5-6,17H,4,7-15H2,(H,21,25)(H,23,24). The number of carbonyl (C=O) groups is 2. The molecule has 1 aromatic rings. The molecule has 0 aliphatic carbocycles. The highest BCUT2D eigenvalue weighted by Crippen LogP contribution is 2.37. The molecular weight excluding hydrogens is 332 g/mol. The Kier molecular flexibility index (Phi) is 6.14. The third kappa shape index (κ3) is 4.97. The van der Waals surface area contributed by atoms with Gasteiger partial charge in [-0.15, -0.1) is 0 Å². The van der Waals surface area contributed by atoms with Crippen LogP contribution in [0, 0.1) is 5.41 Å². The van der Waals surface area contributed by atoms with Gasteiger partial charge in [0, 0.05) is 37.6 Å². The van der Waals surface area contributed by atoms with Crippen LogP contribution in [0.4, 0.5) is 4.79 Å². The molecule has 2 aliphatic rings. The van der Waals surface area contributed by atoms with Gasteiger partial charge in [-0.3, -0.25) is 4.79 Å². The minimum absolute atomic E-state index is 0.0511. The maximum atomic E-state index is 12.8. The molecule has 2 N–H and O–H groups in total. The lowest BCUT2D eigenvalue weighted by molar-refractivity contribution is -0.137. The monoisotopic (exact) mass is 360 g/mol. The molecule has 2 unspecified atom stereocenters. The molecule has 142 valence electrons. The van der Waals surface area contributed by atoms with Crippen LogP contribution in [0.3, 0.4) is 0 Å². The van der Waals surface area contributed by atoms with Gasteiger partial charge in [0.15, 0.2) is 0 Å². The van der Waals surface area contributed by atoms with Crippen molar-refractivity contribution in [1.82, 2.24) is 10.2 Å². The van der Waals surface area contributed by atoms with E-state index >= 15 is 0 Å². The molecule has 2 atom stereocenters. The summed E-state index contributed by atoms with van der Waals surface area (Å²) in [6, 6.07) is 9.61. The molecule has 3 rings (SSSR count). The highest BCUT2D eigenvalue weighted by atomic mass is 16.5. The van der Waals surface area contributed by atoms with Crippen molar-refractivity contribution in [3.05, 3.63) is 35.9 Å². The van der Waals surface area contributed by atoms with E-state index in [1.807, 2.05) is 35.2 Å². The molecule has 1 aromatic carbocycles. The second kappa shape index (κ2) is 8.54. The highest BCUT2D eigenvalue weighted by molar-refractivity contribution is 5.75. The van der Waals surface area contributed by atoms with Crippen molar-refractivity contribution in [2.75, 3.05) is 26.3 Å². The lowest BCUT2D eigenvalue weighted by Gasteiger charge is -2.40. The molecule has 0 aromatic heterocycles. The van der Waals surface area contributed by atoms with Crippen LogP contribution >= 0.6 is 0 Å². The van der Waals surface area contributed by atoms with Gasteiger partial charge in [0.2, 0.25) is 0 Å². The normalized spacial score (nSPS) is 23.8. The van der Waals surface area contributed by atoms with Crippen molar-refractivity contribution in [3.63, 3.8) is 0 Å². The van der Waals surface area contributed by atoms with E-state index in [-0.39, 0.29) is 23.9 Å². The van der Waals surface area contributed by atoms with E-state index < -0.39 is 5.97 Å². The smallest absolute Gasteiger partial charge is 0.317 e. The Bertz CT molecular complexity index is 613. The molecule has 2 heterocycles. The predicted molar refractivity (Wildman–Crippen MR) is 98.0 cm³/mol. The number of carboxylic acids is 1. The first-order valence-electron chi connectivity index (χ1n) is 9.45. The summed E-state index contributed by atoms with van der Waals surface area (Å²) in [6.45, 7) is 3.01. The van der Waals surface area contributed by atoms with Gasteiger partial charge in [0.1, 0.15) is 0 Å². The number of benzene rings is 1. The number of ether oxygens (including phenoxy) is 1. The molecule has 2 fully saturated rings. The van der Waals surface area contributed by atoms with Crippen LogP contribution in [0.15, 0.2) is 30.3 Å². The number of piperidine rings is 1. The second-order valence-corrected chi connectivity index (χ2v) is 7.60. The molecule has 6 nitrogen and oxygen atoms in total. The van der Waals surface area contributed by atoms with E-state index in [0.717, 1.165) is 51.1 Å². The molecule has 6 heteroatoms. The predicted octanol–water partition coefficient (Wildman–Crippen LogP) is 2.67. The Hall–Kier alpha value is -2.08. The van der Waals surface area contributed by atoms with Gasteiger partial charge in [-0.25, -0.2) is 4.79 Å². The summed E-state index contributed by atoms with van der Waals surface area (Å²) in [5, 5.41) is 12.1. The van der Waals surface area contributed by atoms with Gasteiger partial charge < -0.3 is 20.1 Å². The number of carboxylic acid groups (broad SMARTS) is 1. The summed E-state index contributed by atoms with van der Waals surface area (Å²) in [5.74, 6) is -0.836. The van der Waals surface area contributed by atoms with Crippen molar-refractivity contribution < 1.29 is 19.4 Å². The summed E-state index contributed by atoms with van der Waals surface area (Å²) < 4.78 is 5.57. The van der Waals surface area contributed by atoms with Gasteiger partial charge in [0.05, 0.1) is 6.61 Å². The Morgan fingerprint density at radius 3 is 2.77 bits per heavy atom. The number of likely N-dealkylation sites (tertiary alicyclic amines) is 1. The molecule has 0 radical (unpaired) electrons. The van der Waals surface area contributed by atoms with Crippen LogP contribution in [0.1, 0.15) is 37.7 Å². The maximum absolute atomic E-state index is 12.8. The quantitative estimate of drug-likeness (QED) is 0.817. The second-order valence-electron chi connectivity index (χ2n) is 7.60. The zero-order valence-corrected chi connectivity index (χ0v) is 15.2. The average molecular weight is 360 g/mol. The number of urea groups is 1. The zero-order valence-electron chi connectivity index (χ0n) is 15.2. The van der Waals surface area contributed by atoms with E-state index in [9.17, 15) is 9.59 Å². The topological polar surface area (TPSA) is 78.9 Å². The molecule has 0 bridgehead atoms. The number of nitrogens with zero attached hydrogens (tertiary/aromatic N) is 1. The first kappa shape index (κ1) is 18.7. The summed E-state index contributed by atoms with van der Waals surface area (Å²) in [5.41, 5.74) is 1.22. The van der Waals surface area contributed by atoms with E-state index in [0.29, 0.717) is 12.8 Å². The van der Waals surface area contributed by atoms with Crippen LogP contribution in [0.2, 0.25) is 0 Å². The Morgan fingerprint density at radius 1 is 1.27 bits per heavy atom. The van der Waals surface area contributed by atoms with E-state index in [1.54, 1.807) is 0 Å². The third-order valence-electron chi connectivity index (χ3n) is 5.49. The first-order valence-corrected chi connectivity index (χ1v) is 9.45. The van der Waals surface area contributed by atoms with Crippen molar-refractivity contribution in [2.24, 2.45) is 5.41 Å². The number of hydrogen-bond acceptors (Lipinski definition) is 3. The average Bonchev–Trinajstić information content (AvgIpc) is 3.08. The summed E-state index contributed by atoms with van der Waals surface area (Å²) >= 11 is 0. The number of amides is 2. The maximum Gasteiger partial charge on any atom is 0.317 e. The number of rotatable bonds is 6. The van der Waals surface area contributed by atoms with E-state index in [4.69, 9.17) is 9.84 Å².